The molecule has 2 rings (SSSR count). The number of halogens is 3. The molecule has 0 fully saturated rings. The van der Waals surface area contributed by atoms with Gasteiger partial charge < -0.3 is 10.4 Å². The van der Waals surface area contributed by atoms with Crippen molar-refractivity contribution in [3.63, 3.8) is 0 Å². The average Bonchev–Trinajstić information content (AvgIpc) is 2.82. The van der Waals surface area contributed by atoms with Gasteiger partial charge in [-0.3, -0.25) is 0 Å². The van der Waals surface area contributed by atoms with Gasteiger partial charge in [-0.2, -0.15) is 5.10 Å². The van der Waals surface area contributed by atoms with Crippen molar-refractivity contribution in [3.05, 3.63) is 40.6 Å². The third-order valence-corrected chi connectivity index (χ3v) is 3.32. The van der Waals surface area contributed by atoms with Crippen molar-refractivity contribution in [2.75, 3.05) is 17.7 Å². The van der Waals surface area contributed by atoms with Gasteiger partial charge in [-0.15, -0.1) is 11.6 Å². The molecule has 4 nitrogen and oxygen atoms in total. The zero-order valence-corrected chi connectivity index (χ0v) is 12.1. The quantitative estimate of drug-likeness (QED) is 0.832. The Labute approximate surface area is 125 Å². The topological polar surface area (TPSA) is 50.1 Å². The molecule has 0 aliphatic rings. The maximum atomic E-state index is 9.37. The van der Waals surface area contributed by atoms with Crippen molar-refractivity contribution in [1.29, 1.82) is 0 Å². The van der Waals surface area contributed by atoms with E-state index in [-0.39, 0.29) is 5.88 Å². The Morgan fingerprint density at radius 3 is 2.74 bits per heavy atom. The first kappa shape index (κ1) is 14.5. The number of nitrogens with zero attached hydrogens (tertiary/aromatic N) is 2. The third kappa shape index (κ3) is 3.76. The second-order valence-corrected chi connectivity index (χ2v) is 5.11. The minimum absolute atomic E-state index is 0.185. The zero-order valence-electron chi connectivity index (χ0n) is 9.85. The van der Waals surface area contributed by atoms with Crippen molar-refractivity contribution in [1.82, 2.24) is 9.78 Å². The maximum absolute atomic E-state index is 9.37. The number of hydrogen-bond acceptors (Lipinski definition) is 3. The summed E-state index contributed by atoms with van der Waals surface area (Å²) in [5.41, 5.74) is 1.54. The van der Waals surface area contributed by atoms with E-state index < -0.39 is 6.10 Å². The molecule has 7 heteroatoms. The minimum atomic E-state index is -0.593. The minimum Gasteiger partial charge on any atom is -0.390 e. The van der Waals surface area contributed by atoms with Crippen LogP contribution in [0.25, 0.3) is 5.69 Å². The molecule has 0 aliphatic heterocycles. The first-order valence-electron chi connectivity index (χ1n) is 5.58. The van der Waals surface area contributed by atoms with Crippen LogP contribution in [0.3, 0.4) is 0 Å². The molecule has 0 saturated heterocycles. The largest absolute Gasteiger partial charge is 0.390 e. The van der Waals surface area contributed by atoms with Gasteiger partial charge in [-0.05, 0) is 18.2 Å². The Kier molecular flexibility index (Phi) is 4.93. The lowest BCUT2D eigenvalue weighted by molar-refractivity contribution is 0.211. The normalized spacial score (nSPS) is 12.4. The van der Waals surface area contributed by atoms with E-state index in [0.29, 0.717) is 16.6 Å². The molecule has 0 bridgehead atoms. The molecule has 0 saturated carbocycles. The third-order valence-electron chi connectivity index (χ3n) is 2.47. The average molecular weight is 321 g/mol. The van der Waals surface area contributed by atoms with Crippen LogP contribution in [-0.4, -0.2) is 33.4 Å². The standard InChI is InChI=1S/C12H12Cl3N3O/c13-4-10(19)6-16-9-1-2-12(11(15)3-9)18-7-8(14)5-17-18/h1-3,5,7,10,16,19H,4,6H2. The van der Waals surface area contributed by atoms with E-state index in [1.807, 2.05) is 12.1 Å². The fourth-order valence-electron chi connectivity index (χ4n) is 1.53. The van der Waals surface area contributed by atoms with Gasteiger partial charge in [-0.25, -0.2) is 4.68 Å². The molecule has 19 heavy (non-hydrogen) atoms. The Morgan fingerprint density at radius 1 is 1.37 bits per heavy atom. The van der Waals surface area contributed by atoms with Crippen LogP contribution in [0.4, 0.5) is 5.69 Å². The monoisotopic (exact) mass is 319 g/mol. The number of benzene rings is 1. The molecular formula is C12H12Cl3N3O. The molecule has 1 unspecified atom stereocenters. The summed E-state index contributed by atoms with van der Waals surface area (Å²) in [5.74, 6) is 0.185. The first-order valence-corrected chi connectivity index (χ1v) is 6.87. The van der Waals surface area contributed by atoms with Crippen LogP contribution < -0.4 is 5.32 Å². The van der Waals surface area contributed by atoms with Gasteiger partial charge in [0.25, 0.3) is 0 Å². The molecule has 1 aromatic heterocycles. The lowest BCUT2D eigenvalue weighted by Crippen LogP contribution is -2.20. The Hall–Kier alpha value is -0.940. The van der Waals surface area contributed by atoms with Gasteiger partial charge in [-0.1, -0.05) is 23.2 Å². The summed E-state index contributed by atoms with van der Waals surface area (Å²) in [6, 6.07) is 5.42. The van der Waals surface area contributed by atoms with E-state index >= 15 is 0 Å². The smallest absolute Gasteiger partial charge is 0.0847 e. The van der Waals surface area contributed by atoms with Gasteiger partial charge >= 0.3 is 0 Å². The molecule has 0 aliphatic carbocycles. The van der Waals surface area contributed by atoms with Crippen LogP contribution in [-0.2, 0) is 0 Å². The summed E-state index contributed by atoms with van der Waals surface area (Å²) in [6.07, 6.45) is 2.62. The van der Waals surface area contributed by atoms with E-state index in [4.69, 9.17) is 34.8 Å². The Morgan fingerprint density at radius 2 is 2.16 bits per heavy atom. The van der Waals surface area contributed by atoms with Crippen LogP contribution in [0.5, 0.6) is 0 Å². The summed E-state index contributed by atoms with van der Waals surface area (Å²) in [4.78, 5) is 0. The Bertz CT molecular complexity index is 559. The van der Waals surface area contributed by atoms with E-state index in [1.54, 1.807) is 23.1 Å². The number of aromatic nitrogens is 2. The Balaban J connectivity index is 2.13. The second-order valence-electron chi connectivity index (χ2n) is 3.96. The lowest BCUT2D eigenvalue weighted by atomic mass is 10.2. The molecule has 0 amide bonds. The van der Waals surface area contributed by atoms with Gasteiger partial charge in [0.05, 0.1) is 33.9 Å². The van der Waals surface area contributed by atoms with Crippen molar-refractivity contribution >= 4 is 40.5 Å². The molecular weight excluding hydrogens is 309 g/mol. The highest BCUT2D eigenvalue weighted by Gasteiger charge is 2.07. The van der Waals surface area contributed by atoms with Crippen LogP contribution in [0.2, 0.25) is 10.0 Å². The first-order chi connectivity index (χ1) is 9.10. The fourth-order valence-corrected chi connectivity index (χ4v) is 2.04. The summed E-state index contributed by atoms with van der Waals surface area (Å²) in [5, 5.41) is 17.6. The molecule has 1 atom stereocenters. The van der Waals surface area contributed by atoms with Crippen molar-refractivity contribution in [2.24, 2.45) is 0 Å². The lowest BCUT2D eigenvalue weighted by Gasteiger charge is -2.11. The number of anilines is 1. The van der Waals surface area contributed by atoms with Crippen molar-refractivity contribution < 1.29 is 5.11 Å². The van der Waals surface area contributed by atoms with E-state index in [1.165, 1.54) is 0 Å². The molecule has 2 N–H and O–H groups in total. The van der Waals surface area contributed by atoms with Gasteiger partial charge in [0.15, 0.2) is 0 Å². The van der Waals surface area contributed by atoms with Gasteiger partial charge in [0, 0.05) is 18.4 Å². The molecule has 0 spiro atoms. The van der Waals surface area contributed by atoms with E-state index in [2.05, 4.69) is 10.4 Å². The highest BCUT2D eigenvalue weighted by atomic mass is 35.5. The van der Waals surface area contributed by atoms with Gasteiger partial charge in [0.1, 0.15) is 0 Å². The molecule has 1 heterocycles. The summed E-state index contributed by atoms with van der Waals surface area (Å²) >= 11 is 17.5. The van der Waals surface area contributed by atoms with Crippen LogP contribution in [0, 0.1) is 0 Å². The number of nitrogens with one attached hydrogen (secondary N) is 1. The molecule has 1 aromatic carbocycles. The van der Waals surface area contributed by atoms with Crippen LogP contribution >= 0.6 is 34.8 Å². The predicted molar refractivity (Wildman–Crippen MR) is 78.8 cm³/mol. The number of rotatable bonds is 5. The second kappa shape index (κ2) is 6.48. The number of aliphatic hydroxyl groups is 1. The predicted octanol–water partition coefficient (Wildman–Crippen LogP) is 3.19. The van der Waals surface area contributed by atoms with E-state index in [0.717, 1.165) is 11.4 Å². The fraction of sp³-hybridized carbons (Fsp3) is 0.250. The van der Waals surface area contributed by atoms with Crippen LogP contribution in [0.15, 0.2) is 30.6 Å². The van der Waals surface area contributed by atoms with Gasteiger partial charge in [0.2, 0.25) is 0 Å². The maximum Gasteiger partial charge on any atom is 0.0847 e. The summed E-state index contributed by atoms with van der Waals surface area (Å²) in [7, 11) is 0. The summed E-state index contributed by atoms with van der Waals surface area (Å²) in [6.45, 7) is 0.368. The number of hydrogen-bond donors (Lipinski definition) is 2. The van der Waals surface area contributed by atoms with Crippen molar-refractivity contribution in [2.45, 2.75) is 6.10 Å². The molecule has 102 valence electrons. The molecule has 2 aromatic rings. The highest BCUT2D eigenvalue weighted by molar-refractivity contribution is 6.32. The van der Waals surface area contributed by atoms with Crippen LogP contribution in [0.1, 0.15) is 0 Å². The highest BCUT2D eigenvalue weighted by Crippen LogP contribution is 2.24. The number of alkyl halides is 1. The number of aliphatic hydroxyl groups excluding tert-OH is 1. The molecule has 0 radical (unpaired) electrons. The zero-order chi connectivity index (χ0) is 13.8. The van der Waals surface area contributed by atoms with E-state index in [9.17, 15) is 5.11 Å². The SMILES string of the molecule is OC(CCl)CNc1ccc(-n2cc(Cl)cn2)c(Cl)c1. The summed E-state index contributed by atoms with van der Waals surface area (Å²) < 4.78 is 1.60. The van der Waals surface area contributed by atoms with Crippen molar-refractivity contribution in [3.8, 4) is 5.69 Å².